The third-order valence-electron chi connectivity index (χ3n) is 2.39. The van der Waals surface area contributed by atoms with E-state index >= 15 is 0 Å². The molecule has 1 aromatic heterocycles. The second-order valence-electron chi connectivity index (χ2n) is 3.82. The van der Waals surface area contributed by atoms with Crippen LogP contribution in [0.4, 0.5) is 0 Å². The zero-order valence-electron chi connectivity index (χ0n) is 8.58. The maximum atomic E-state index is 4.60. The molecule has 14 heavy (non-hydrogen) atoms. The number of hydrogen-bond acceptors (Lipinski definition) is 1. The quantitative estimate of drug-likeness (QED) is 0.761. The number of fused-ring (bicyclic) bond motifs is 1. The summed E-state index contributed by atoms with van der Waals surface area (Å²) in [6.07, 6.45) is 0. The molecule has 74 valence electrons. The van der Waals surface area contributed by atoms with Gasteiger partial charge in [-0.15, -0.1) is 0 Å². The Balaban J connectivity index is 2.74. The number of halogens is 1. The van der Waals surface area contributed by atoms with Gasteiger partial charge in [-0.05, 0) is 18.2 Å². The molecule has 0 aliphatic carbocycles. The van der Waals surface area contributed by atoms with Crippen LogP contribution in [0.3, 0.4) is 0 Å². The van der Waals surface area contributed by atoms with E-state index in [4.69, 9.17) is 0 Å². The zero-order valence-corrected chi connectivity index (χ0v) is 10.2. The molecule has 2 nitrogen and oxygen atoms in total. The smallest absolute Gasteiger partial charge is 0.112 e. The standard InChI is InChI=1S/C11H13BrN2/c1-7(2)11-13-9-5-4-8(12)6-10(9)14(11)3/h4-7H,1-3H3. The van der Waals surface area contributed by atoms with E-state index in [1.807, 2.05) is 12.1 Å². The number of rotatable bonds is 1. The summed E-state index contributed by atoms with van der Waals surface area (Å²) >= 11 is 3.47. The Morgan fingerprint density at radius 1 is 1.36 bits per heavy atom. The van der Waals surface area contributed by atoms with Crippen LogP contribution in [0.2, 0.25) is 0 Å². The first-order chi connectivity index (χ1) is 6.59. The van der Waals surface area contributed by atoms with Gasteiger partial charge >= 0.3 is 0 Å². The van der Waals surface area contributed by atoms with Crippen molar-refractivity contribution in [2.45, 2.75) is 19.8 Å². The monoisotopic (exact) mass is 252 g/mol. The Hall–Kier alpha value is -0.830. The summed E-state index contributed by atoms with van der Waals surface area (Å²) in [7, 11) is 2.07. The van der Waals surface area contributed by atoms with E-state index in [2.05, 4.69) is 52.4 Å². The van der Waals surface area contributed by atoms with Gasteiger partial charge in [0.2, 0.25) is 0 Å². The lowest BCUT2D eigenvalue weighted by Gasteiger charge is -2.04. The Morgan fingerprint density at radius 3 is 2.71 bits per heavy atom. The molecule has 3 heteroatoms. The van der Waals surface area contributed by atoms with Gasteiger partial charge in [0.15, 0.2) is 0 Å². The minimum absolute atomic E-state index is 0.464. The first-order valence-electron chi connectivity index (χ1n) is 4.71. The fraction of sp³-hybridized carbons (Fsp3) is 0.364. The van der Waals surface area contributed by atoms with Crippen LogP contribution >= 0.6 is 15.9 Å². The number of imidazole rings is 1. The van der Waals surface area contributed by atoms with Crippen molar-refractivity contribution in [3.05, 3.63) is 28.5 Å². The van der Waals surface area contributed by atoms with E-state index in [0.29, 0.717) is 5.92 Å². The number of nitrogens with zero attached hydrogens (tertiary/aromatic N) is 2. The van der Waals surface area contributed by atoms with Gasteiger partial charge in [-0.2, -0.15) is 0 Å². The summed E-state index contributed by atoms with van der Waals surface area (Å²) in [5, 5.41) is 0. The van der Waals surface area contributed by atoms with Gasteiger partial charge in [-0.3, -0.25) is 0 Å². The fourth-order valence-corrected chi connectivity index (χ4v) is 2.05. The summed E-state index contributed by atoms with van der Waals surface area (Å²) in [6, 6.07) is 6.18. The highest BCUT2D eigenvalue weighted by atomic mass is 79.9. The summed E-state index contributed by atoms with van der Waals surface area (Å²) < 4.78 is 3.26. The summed E-state index contributed by atoms with van der Waals surface area (Å²) in [5.41, 5.74) is 2.25. The van der Waals surface area contributed by atoms with E-state index in [-0.39, 0.29) is 0 Å². The van der Waals surface area contributed by atoms with Gasteiger partial charge in [0.1, 0.15) is 5.82 Å². The van der Waals surface area contributed by atoms with E-state index in [1.165, 1.54) is 5.52 Å². The first-order valence-corrected chi connectivity index (χ1v) is 5.51. The Morgan fingerprint density at radius 2 is 2.07 bits per heavy atom. The lowest BCUT2D eigenvalue weighted by Crippen LogP contribution is -1.99. The molecule has 0 aliphatic rings. The molecule has 2 aromatic rings. The molecule has 0 fully saturated rings. The van der Waals surface area contributed by atoms with Crippen LogP contribution in [0, 0.1) is 0 Å². The van der Waals surface area contributed by atoms with Crippen LogP contribution in [0.1, 0.15) is 25.6 Å². The van der Waals surface area contributed by atoms with E-state index in [1.54, 1.807) is 0 Å². The van der Waals surface area contributed by atoms with Crippen molar-refractivity contribution < 1.29 is 0 Å². The van der Waals surface area contributed by atoms with E-state index in [9.17, 15) is 0 Å². The molecular formula is C11H13BrN2. The predicted molar refractivity (Wildman–Crippen MR) is 62.5 cm³/mol. The predicted octanol–water partition coefficient (Wildman–Crippen LogP) is 3.46. The topological polar surface area (TPSA) is 17.8 Å². The molecule has 0 N–H and O–H groups in total. The van der Waals surface area contributed by atoms with Crippen LogP contribution in [-0.4, -0.2) is 9.55 Å². The molecule has 0 radical (unpaired) electrons. The van der Waals surface area contributed by atoms with Crippen LogP contribution in [0.15, 0.2) is 22.7 Å². The molecule has 0 spiro atoms. The van der Waals surface area contributed by atoms with Crippen molar-refractivity contribution in [3.8, 4) is 0 Å². The molecule has 0 unspecified atom stereocenters. The molecule has 1 heterocycles. The summed E-state index contributed by atoms with van der Waals surface area (Å²) in [4.78, 5) is 4.60. The van der Waals surface area contributed by atoms with Crippen molar-refractivity contribution in [2.75, 3.05) is 0 Å². The van der Waals surface area contributed by atoms with Crippen molar-refractivity contribution >= 4 is 27.0 Å². The Labute approximate surface area is 92.1 Å². The molecule has 1 aromatic carbocycles. The zero-order chi connectivity index (χ0) is 10.3. The van der Waals surface area contributed by atoms with Crippen LogP contribution in [0.5, 0.6) is 0 Å². The maximum Gasteiger partial charge on any atom is 0.112 e. The van der Waals surface area contributed by atoms with Gasteiger partial charge < -0.3 is 4.57 Å². The van der Waals surface area contributed by atoms with Crippen LogP contribution in [0.25, 0.3) is 11.0 Å². The van der Waals surface area contributed by atoms with Crippen molar-refractivity contribution in [1.29, 1.82) is 0 Å². The molecular weight excluding hydrogens is 240 g/mol. The average molecular weight is 253 g/mol. The first kappa shape index (κ1) is 9.71. The largest absolute Gasteiger partial charge is 0.331 e. The second-order valence-corrected chi connectivity index (χ2v) is 4.73. The van der Waals surface area contributed by atoms with Crippen molar-refractivity contribution in [2.24, 2.45) is 7.05 Å². The maximum absolute atomic E-state index is 4.60. The van der Waals surface area contributed by atoms with Crippen molar-refractivity contribution in [1.82, 2.24) is 9.55 Å². The molecule has 2 rings (SSSR count). The Bertz CT molecular complexity index is 471. The molecule has 0 saturated carbocycles. The van der Waals surface area contributed by atoms with Gasteiger partial charge in [0.05, 0.1) is 11.0 Å². The highest BCUT2D eigenvalue weighted by Crippen LogP contribution is 2.23. The molecule has 0 saturated heterocycles. The third-order valence-corrected chi connectivity index (χ3v) is 2.89. The van der Waals surface area contributed by atoms with Crippen LogP contribution in [-0.2, 0) is 7.05 Å². The third kappa shape index (κ3) is 1.46. The van der Waals surface area contributed by atoms with E-state index < -0.39 is 0 Å². The average Bonchev–Trinajstić information content (AvgIpc) is 2.44. The molecule has 0 atom stereocenters. The number of aryl methyl sites for hydroxylation is 1. The van der Waals surface area contributed by atoms with Gasteiger partial charge in [0.25, 0.3) is 0 Å². The lowest BCUT2D eigenvalue weighted by atomic mass is 10.2. The molecule has 0 bridgehead atoms. The molecule has 0 amide bonds. The molecule has 0 aliphatic heterocycles. The normalized spacial score (nSPS) is 11.5. The Kier molecular flexibility index (Phi) is 2.35. The summed E-state index contributed by atoms with van der Waals surface area (Å²) in [5.74, 6) is 1.60. The summed E-state index contributed by atoms with van der Waals surface area (Å²) in [6.45, 7) is 4.33. The fourth-order valence-electron chi connectivity index (χ4n) is 1.70. The minimum atomic E-state index is 0.464. The SMILES string of the molecule is CC(C)c1nc2ccc(Br)cc2n1C. The number of aromatic nitrogens is 2. The van der Waals surface area contributed by atoms with Crippen LogP contribution < -0.4 is 0 Å². The lowest BCUT2D eigenvalue weighted by molar-refractivity contribution is 0.722. The number of hydrogen-bond donors (Lipinski definition) is 0. The van der Waals surface area contributed by atoms with Crippen molar-refractivity contribution in [3.63, 3.8) is 0 Å². The highest BCUT2D eigenvalue weighted by Gasteiger charge is 2.10. The van der Waals surface area contributed by atoms with Gasteiger partial charge in [0, 0.05) is 17.4 Å². The second kappa shape index (κ2) is 3.39. The van der Waals surface area contributed by atoms with E-state index in [0.717, 1.165) is 15.8 Å². The van der Waals surface area contributed by atoms with Gasteiger partial charge in [-0.1, -0.05) is 29.8 Å². The van der Waals surface area contributed by atoms with Gasteiger partial charge in [-0.25, -0.2) is 4.98 Å². The highest BCUT2D eigenvalue weighted by molar-refractivity contribution is 9.10. The minimum Gasteiger partial charge on any atom is -0.331 e. The number of benzene rings is 1.